The number of hydrogen-bond donors (Lipinski definition) is 1. The van der Waals surface area contributed by atoms with Crippen molar-refractivity contribution in [1.29, 1.82) is 0 Å². The van der Waals surface area contributed by atoms with Crippen LogP contribution in [0.1, 0.15) is 5.56 Å². The number of nitrogens with zero attached hydrogens (tertiary/aromatic N) is 2. The number of aromatic hydroxyl groups is 1. The third kappa shape index (κ3) is 3.17. The Morgan fingerprint density at radius 2 is 1.95 bits per heavy atom. The highest BCUT2D eigenvalue weighted by Crippen LogP contribution is 2.31. The number of aliphatic imine (C=N–C) groups is 1. The number of nitro groups is 1. The molecule has 0 saturated heterocycles. The van der Waals surface area contributed by atoms with Crippen molar-refractivity contribution in [3.8, 4) is 5.75 Å². The van der Waals surface area contributed by atoms with Crippen molar-refractivity contribution in [3.63, 3.8) is 0 Å². The molecule has 19 heavy (non-hydrogen) atoms. The number of phenols is 1. The maximum absolute atomic E-state index is 10.7. The Morgan fingerprint density at radius 1 is 1.26 bits per heavy atom. The Labute approximate surface area is 117 Å². The van der Waals surface area contributed by atoms with Crippen LogP contribution in [-0.2, 0) is 0 Å². The maximum atomic E-state index is 10.7. The number of halogens is 1. The molecule has 0 fully saturated rings. The van der Waals surface area contributed by atoms with Gasteiger partial charge >= 0.3 is 0 Å². The van der Waals surface area contributed by atoms with Crippen LogP contribution in [0, 0.1) is 10.1 Å². The molecule has 2 rings (SSSR count). The predicted octanol–water partition coefficient (Wildman–Crippen LogP) is 3.81. The first kappa shape index (κ1) is 13.2. The minimum Gasteiger partial charge on any atom is -0.506 e. The van der Waals surface area contributed by atoms with Crippen molar-refractivity contribution in [1.82, 2.24) is 0 Å². The van der Waals surface area contributed by atoms with E-state index in [9.17, 15) is 15.2 Å². The number of para-hydroxylation sites is 1. The molecule has 0 aromatic heterocycles. The molecule has 0 aliphatic heterocycles. The minimum atomic E-state index is -0.524. The van der Waals surface area contributed by atoms with Crippen LogP contribution in [0.2, 0.25) is 0 Å². The van der Waals surface area contributed by atoms with Gasteiger partial charge in [0.15, 0.2) is 0 Å². The summed E-state index contributed by atoms with van der Waals surface area (Å²) in [7, 11) is 0. The average Bonchev–Trinajstić information content (AvgIpc) is 2.41. The standard InChI is InChI=1S/C13H9BrN2O3/c14-12-7-11(16(18)19)6-9(13(12)17)8-15-10-4-2-1-3-5-10/h1-8,17H. The summed E-state index contributed by atoms with van der Waals surface area (Å²) in [6, 6.07) is 11.6. The van der Waals surface area contributed by atoms with Crippen LogP contribution in [0.25, 0.3) is 0 Å². The summed E-state index contributed by atoms with van der Waals surface area (Å²) in [5, 5.41) is 20.6. The Kier molecular flexibility index (Phi) is 3.91. The largest absolute Gasteiger partial charge is 0.506 e. The molecule has 0 heterocycles. The van der Waals surface area contributed by atoms with Gasteiger partial charge in [0.25, 0.3) is 5.69 Å². The van der Waals surface area contributed by atoms with E-state index in [1.165, 1.54) is 18.3 Å². The molecular formula is C13H9BrN2O3. The number of non-ortho nitro benzene ring substituents is 1. The Morgan fingerprint density at radius 3 is 2.58 bits per heavy atom. The van der Waals surface area contributed by atoms with E-state index < -0.39 is 4.92 Å². The second-order valence-electron chi connectivity index (χ2n) is 3.72. The van der Waals surface area contributed by atoms with Crippen molar-refractivity contribution < 1.29 is 10.0 Å². The van der Waals surface area contributed by atoms with Crippen LogP contribution in [0.4, 0.5) is 11.4 Å². The molecule has 2 aromatic carbocycles. The maximum Gasteiger partial charge on any atom is 0.271 e. The number of nitro benzene ring substituents is 1. The second-order valence-corrected chi connectivity index (χ2v) is 4.57. The van der Waals surface area contributed by atoms with Crippen molar-refractivity contribution in [2.24, 2.45) is 4.99 Å². The lowest BCUT2D eigenvalue weighted by atomic mass is 10.2. The number of rotatable bonds is 3. The summed E-state index contributed by atoms with van der Waals surface area (Å²) in [4.78, 5) is 14.4. The fourth-order valence-corrected chi connectivity index (χ4v) is 1.93. The van der Waals surface area contributed by atoms with Gasteiger partial charge in [0.2, 0.25) is 0 Å². The fraction of sp³-hybridized carbons (Fsp3) is 0. The van der Waals surface area contributed by atoms with Gasteiger partial charge in [-0.25, -0.2) is 0 Å². The molecule has 6 heteroatoms. The monoisotopic (exact) mass is 320 g/mol. The van der Waals surface area contributed by atoms with Crippen molar-refractivity contribution in [3.05, 3.63) is 62.6 Å². The molecule has 0 radical (unpaired) electrons. The van der Waals surface area contributed by atoms with Crippen LogP contribution in [-0.4, -0.2) is 16.2 Å². The number of phenolic OH excluding ortho intramolecular Hbond substituents is 1. The molecule has 0 aliphatic carbocycles. The third-order valence-corrected chi connectivity index (χ3v) is 3.00. The topological polar surface area (TPSA) is 75.7 Å². The summed E-state index contributed by atoms with van der Waals surface area (Å²) < 4.78 is 0.260. The summed E-state index contributed by atoms with van der Waals surface area (Å²) in [6.45, 7) is 0. The highest BCUT2D eigenvalue weighted by atomic mass is 79.9. The Bertz CT molecular complexity index is 642. The molecule has 0 unspecified atom stereocenters. The molecule has 0 atom stereocenters. The van der Waals surface area contributed by atoms with Gasteiger partial charge in [-0.2, -0.15) is 0 Å². The van der Waals surface area contributed by atoms with Gasteiger partial charge in [-0.3, -0.25) is 15.1 Å². The zero-order valence-electron chi connectivity index (χ0n) is 9.65. The molecule has 5 nitrogen and oxygen atoms in total. The van der Waals surface area contributed by atoms with E-state index in [0.29, 0.717) is 5.69 Å². The minimum absolute atomic E-state index is 0.0784. The highest BCUT2D eigenvalue weighted by molar-refractivity contribution is 9.10. The Balaban J connectivity index is 2.39. The molecule has 0 spiro atoms. The molecule has 0 aliphatic rings. The van der Waals surface area contributed by atoms with Crippen LogP contribution in [0.3, 0.4) is 0 Å². The molecule has 96 valence electrons. The lowest BCUT2D eigenvalue weighted by Crippen LogP contribution is -1.91. The quantitative estimate of drug-likeness (QED) is 0.530. The normalized spacial score (nSPS) is 10.8. The summed E-state index contributed by atoms with van der Waals surface area (Å²) >= 11 is 3.08. The Hall–Kier alpha value is -2.21. The molecular weight excluding hydrogens is 312 g/mol. The zero-order valence-corrected chi connectivity index (χ0v) is 11.2. The first-order valence-corrected chi connectivity index (χ1v) is 6.13. The van der Waals surface area contributed by atoms with Gasteiger partial charge in [0.1, 0.15) is 5.75 Å². The van der Waals surface area contributed by atoms with Gasteiger partial charge in [-0.05, 0) is 28.1 Å². The first-order chi connectivity index (χ1) is 9.08. The van der Waals surface area contributed by atoms with E-state index in [0.717, 1.165) is 0 Å². The number of benzene rings is 2. The first-order valence-electron chi connectivity index (χ1n) is 5.34. The smallest absolute Gasteiger partial charge is 0.271 e. The van der Waals surface area contributed by atoms with Crippen molar-refractivity contribution in [2.75, 3.05) is 0 Å². The van der Waals surface area contributed by atoms with Crippen molar-refractivity contribution in [2.45, 2.75) is 0 Å². The van der Waals surface area contributed by atoms with Crippen molar-refractivity contribution >= 4 is 33.5 Å². The zero-order chi connectivity index (χ0) is 13.8. The highest BCUT2D eigenvalue weighted by Gasteiger charge is 2.13. The van der Waals surface area contributed by atoms with E-state index in [2.05, 4.69) is 20.9 Å². The lowest BCUT2D eigenvalue weighted by Gasteiger charge is -2.02. The summed E-state index contributed by atoms with van der Waals surface area (Å²) in [5.41, 5.74) is 0.869. The SMILES string of the molecule is O=[N+]([O-])c1cc(Br)c(O)c(C=Nc2ccccc2)c1. The van der Waals surface area contributed by atoms with Crippen LogP contribution in [0.15, 0.2) is 51.9 Å². The molecule has 0 saturated carbocycles. The fourth-order valence-electron chi connectivity index (χ4n) is 1.47. The molecule has 0 amide bonds. The van der Waals surface area contributed by atoms with Crippen LogP contribution in [0.5, 0.6) is 5.75 Å². The van der Waals surface area contributed by atoms with Gasteiger partial charge in [0, 0.05) is 23.9 Å². The molecule has 1 N–H and O–H groups in total. The molecule has 0 bridgehead atoms. The van der Waals surface area contributed by atoms with E-state index in [1.807, 2.05) is 18.2 Å². The summed E-state index contributed by atoms with van der Waals surface area (Å²) in [6.07, 6.45) is 1.39. The van der Waals surface area contributed by atoms with E-state index in [-0.39, 0.29) is 21.5 Å². The van der Waals surface area contributed by atoms with Gasteiger partial charge < -0.3 is 5.11 Å². The van der Waals surface area contributed by atoms with Gasteiger partial charge in [-0.15, -0.1) is 0 Å². The van der Waals surface area contributed by atoms with Gasteiger partial charge in [-0.1, -0.05) is 18.2 Å². The van der Waals surface area contributed by atoms with Gasteiger partial charge in [0.05, 0.1) is 15.1 Å². The van der Waals surface area contributed by atoms with E-state index >= 15 is 0 Å². The lowest BCUT2D eigenvalue weighted by molar-refractivity contribution is -0.385. The van der Waals surface area contributed by atoms with Crippen LogP contribution < -0.4 is 0 Å². The third-order valence-electron chi connectivity index (χ3n) is 2.40. The average molecular weight is 321 g/mol. The number of hydrogen-bond acceptors (Lipinski definition) is 4. The van der Waals surface area contributed by atoms with Crippen LogP contribution >= 0.6 is 15.9 Å². The second kappa shape index (κ2) is 5.62. The van der Waals surface area contributed by atoms with E-state index in [4.69, 9.17) is 0 Å². The van der Waals surface area contributed by atoms with E-state index in [1.54, 1.807) is 12.1 Å². The molecule has 2 aromatic rings. The summed E-state index contributed by atoms with van der Waals surface area (Å²) in [5.74, 6) is -0.0784. The predicted molar refractivity (Wildman–Crippen MR) is 76.2 cm³/mol.